The van der Waals surface area contributed by atoms with Crippen LogP contribution in [0.25, 0.3) is 0 Å². The third-order valence-electron chi connectivity index (χ3n) is 2.86. The summed E-state index contributed by atoms with van der Waals surface area (Å²) in [6.45, 7) is 5.47. The van der Waals surface area contributed by atoms with Crippen LogP contribution in [0.15, 0.2) is 18.2 Å². The van der Waals surface area contributed by atoms with E-state index in [0.717, 1.165) is 5.56 Å². The number of benzene rings is 1. The van der Waals surface area contributed by atoms with Crippen molar-refractivity contribution in [1.82, 2.24) is 4.90 Å². The van der Waals surface area contributed by atoms with Crippen molar-refractivity contribution >= 4 is 17.7 Å². The number of anilines is 1. The lowest BCUT2D eigenvalue weighted by Crippen LogP contribution is -2.43. The maximum Gasteiger partial charge on any atom is 0.326 e. The van der Waals surface area contributed by atoms with E-state index in [2.05, 4.69) is 11.4 Å². The van der Waals surface area contributed by atoms with Gasteiger partial charge in [-0.05, 0) is 44.5 Å². The summed E-state index contributed by atoms with van der Waals surface area (Å²) < 4.78 is 5.21. The van der Waals surface area contributed by atoms with Gasteiger partial charge in [0, 0.05) is 5.69 Å². The minimum absolute atomic E-state index is 0.126. The number of urea groups is 1. The molecule has 2 rings (SSSR count). The Labute approximate surface area is 123 Å². The van der Waals surface area contributed by atoms with Gasteiger partial charge in [-0.15, -0.1) is 0 Å². The van der Waals surface area contributed by atoms with Crippen molar-refractivity contribution in [1.29, 1.82) is 5.26 Å². The lowest BCUT2D eigenvalue weighted by Gasteiger charge is -2.29. The summed E-state index contributed by atoms with van der Waals surface area (Å²) in [5.41, 5.74) is 1.40. The molecule has 110 valence electrons. The number of nitriles is 1. The Morgan fingerprint density at radius 2 is 2.19 bits per heavy atom. The van der Waals surface area contributed by atoms with Gasteiger partial charge in [-0.3, -0.25) is 4.79 Å². The zero-order valence-corrected chi connectivity index (χ0v) is 12.3. The fourth-order valence-electron chi connectivity index (χ4n) is 2.05. The van der Waals surface area contributed by atoms with Crippen LogP contribution >= 0.6 is 0 Å². The van der Waals surface area contributed by atoms with Crippen LogP contribution in [0.4, 0.5) is 10.5 Å². The first-order valence-corrected chi connectivity index (χ1v) is 6.59. The van der Waals surface area contributed by atoms with Gasteiger partial charge in [0.2, 0.25) is 0 Å². The monoisotopic (exact) mass is 287 g/mol. The lowest BCUT2D eigenvalue weighted by molar-refractivity contribution is -0.155. The second-order valence-electron chi connectivity index (χ2n) is 5.86. The lowest BCUT2D eigenvalue weighted by atomic mass is 10.1. The number of amides is 2. The second kappa shape index (κ2) is 5.44. The van der Waals surface area contributed by atoms with Crippen molar-refractivity contribution in [3.8, 4) is 6.07 Å². The quantitative estimate of drug-likeness (QED) is 0.846. The molecule has 1 N–H and O–H groups in total. The number of carbonyl (C=O) groups excluding carboxylic acids is 2. The number of rotatable bonds is 2. The molecule has 1 aromatic carbocycles. The zero-order valence-electron chi connectivity index (χ0n) is 12.3. The Morgan fingerprint density at radius 1 is 1.48 bits per heavy atom. The average molecular weight is 287 g/mol. The normalized spacial score (nSPS) is 14.0. The predicted octanol–water partition coefficient (Wildman–Crippen LogP) is 2.25. The smallest absolute Gasteiger partial charge is 0.326 e. The molecule has 6 nitrogen and oxygen atoms in total. The molecule has 21 heavy (non-hydrogen) atoms. The van der Waals surface area contributed by atoms with Gasteiger partial charge < -0.3 is 15.0 Å². The van der Waals surface area contributed by atoms with Crippen LogP contribution in [-0.4, -0.2) is 29.0 Å². The van der Waals surface area contributed by atoms with E-state index in [9.17, 15) is 9.59 Å². The maximum atomic E-state index is 12.0. The number of carbonyl (C=O) groups is 2. The van der Waals surface area contributed by atoms with Crippen molar-refractivity contribution in [2.45, 2.75) is 32.9 Å². The summed E-state index contributed by atoms with van der Waals surface area (Å²) >= 11 is 0. The Morgan fingerprint density at radius 3 is 2.81 bits per heavy atom. The first-order valence-electron chi connectivity index (χ1n) is 6.59. The minimum atomic E-state index is -0.588. The number of ether oxygens (including phenoxy) is 1. The molecule has 0 aliphatic carbocycles. The molecule has 0 aromatic heterocycles. The molecule has 0 radical (unpaired) electrons. The van der Waals surface area contributed by atoms with E-state index in [1.165, 1.54) is 4.90 Å². The van der Waals surface area contributed by atoms with Gasteiger partial charge in [-0.1, -0.05) is 0 Å². The highest BCUT2D eigenvalue weighted by molar-refractivity contribution is 5.94. The highest BCUT2D eigenvalue weighted by atomic mass is 16.6. The summed E-state index contributed by atoms with van der Waals surface area (Å²) in [7, 11) is 0. The molecule has 1 aromatic rings. The third kappa shape index (κ3) is 3.72. The molecule has 0 unspecified atom stereocenters. The van der Waals surface area contributed by atoms with Crippen LogP contribution in [0, 0.1) is 11.3 Å². The van der Waals surface area contributed by atoms with Gasteiger partial charge in [-0.25, -0.2) is 4.79 Å². The van der Waals surface area contributed by atoms with E-state index in [1.54, 1.807) is 39.0 Å². The van der Waals surface area contributed by atoms with Gasteiger partial charge in [0.1, 0.15) is 12.1 Å². The first kappa shape index (κ1) is 14.9. The van der Waals surface area contributed by atoms with Crippen LogP contribution in [0.3, 0.4) is 0 Å². The van der Waals surface area contributed by atoms with Crippen molar-refractivity contribution in [3.63, 3.8) is 0 Å². The molecule has 0 saturated carbocycles. The predicted molar refractivity (Wildman–Crippen MR) is 76.4 cm³/mol. The van der Waals surface area contributed by atoms with Crippen molar-refractivity contribution in [3.05, 3.63) is 29.3 Å². The molecular weight excluding hydrogens is 270 g/mol. The topological polar surface area (TPSA) is 82.4 Å². The van der Waals surface area contributed by atoms with Gasteiger partial charge in [0.15, 0.2) is 0 Å². The second-order valence-corrected chi connectivity index (χ2v) is 5.86. The van der Waals surface area contributed by atoms with Crippen LogP contribution in [0.1, 0.15) is 31.9 Å². The summed E-state index contributed by atoms with van der Waals surface area (Å²) in [5, 5.41) is 11.6. The minimum Gasteiger partial charge on any atom is -0.459 e. The van der Waals surface area contributed by atoms with Crippen molar-refractivity contribution in [2.24, 2.45) is 0 Å². The zero-order chi connectivity index (χ0) is 15.6. The molecule has 0 bridgehead atoms. The average Bonchev–Trinajstić information content (AvgIpc) is 2.37. The van der Waals surface area contributed by atoms with Crippen molar-refractivity contribution < 1.29 is 14.3 Å². The van der Waals surface area contributed by atoms with E-state index in [1.807, 2.05) is 0 Å². The van der Waals surface area contributed by atoms with Crippen LogP contribution < -0.4 is 5.32 Å². The van der Waals surface area contributed by atoms with Gasteiger partial charge in [0.05, 0.1) is 18.2 Å². The Bertz CT molecular complexity index is 626. The molecule has 2 amide bonds. The van der Waals surface area contributed by atoms with E-state index in [0.29, 0.717) is 11.3 Å². The van der Waals surface area contributed by atoms with Crippen LogP contribution in [0.5, 0.6) is 0 Å². The van der Waals surface area contributed by atoms with Gasteiger partial charge in [-0.2, -0.15) is 5.26 Å². The van der Waals surface area contributed by atoms with Gasteiger partial charge >= 0.3 is 12.0 Å². The molecule has 1 aliphatic heterocycles. The van der Waals surface area contributed by atoms with E-state index < -0.39 is 11.6 Å². The largest absolute Gasteiger partial charge is 0.459 e. The maximum absolute atomic E-state index is 12.0. The highest BCUT2D eigenvalue weighted by Gasteiger charge is 2.26. The van der Waals surface area contributed by atoms with Crippen LogP contribution in [0.2, 0.25) is 0 Å². The van der Waals surface area contributed by atoms with E-state index in [4.69, 9.17) is 10.00 Å². The Hall–Kier alpha value is -2.55. The van der Waals surface area contributed by atoms with Crippen molar-refractivity contribution in [2.75, 3.05) is 11.9 Å². The Kier molecular flexibility index (Phi) is 3.85. The molecule has 0 spiro atoms. The summed E-state index contributed by atoms with van der Waals surface area (Å²) in [5.74, 6) is -0.461. The fourth-order valence-corrected chi connectivity index (χ4v) is 2.05. The highest BCUT2D eigenvalue weighted by Crippen LogP contribution is 2.24. The summed E-state index contributed by atoms with van der Waals surface area (Å²) in [6, 6.07) is 6.74. The number of hydrogen-bond donors (Lipinski definition) is 1. The molecule has 1 aliphatic rings. The number of hydrogen-bond acceptors (Lipinski definition) is 4. The number of esters is 1. The number of nitrogens with zero attached hydrogens (tertiary/aromatic N) is 2. The molecule has 0 fully saturated rings. The molecule has 0 atom stereocenters. The van der Waals surface area contributed by atoms with E-state index >= 15 is 0 Å². The SMILES string of the molecule is CC(C)(C)OC(=O)CN1Cc2cc(C#N)ccc2NC1=O. The van der Waals surface area contributed by atoms with Gasteiger partial charge in [0.25, 0.3) is 0 Å². The molecule has 1 heterocycles. The number of fused-ring (bicyclic) bond motifs is 1. The van der Waals surface area contributed by atoms with Crippen LogP contribution in [-0.2, 0) is 16.1 Å². The molecule has 6 heteroatoms. The first-order chi connectivity index (χ1) is 9.78. The summed E-state index contributed by atoms with van der Waals surface area (Å²) in [6.07, 6.45) is 0. The van der Waals surface area contributed by atoms with E-state index in [-0.39, 0.29) is 19.1 Å². The standard InChI is InChI=1S/C15H17N3O3/c1-15(2,3)21-13(19)9-18-8-11-6-10(7-16)4-5-12(11)17-14(18)20/h4-6H,8-9H2,1-3H3,(H,17,20). The molecule has 0 saturated heterocycles. The Balaban J connectivity index is 2.11. The number of nitrogens with one attached hydrogen (secondary N) is 1. The molecular formula is C15H17N3O3. The fraction of sp³-hybridized carbons (Fsp3) is 0.400. The summed E-state index contributed by atoms with van der Waals surface area (Å²) in [4.78, 5) is 25.1. The third-order valence-corrected chi connectivity index (χ3v) is 2.86.